The van der Waals surface area contributed by atoms with Crippen LogP contribution >= 0.6 is 0 Å². The maximum atomic E-state index is 13.9. The second-order valence-electron chi connectivity index (χ2n) is 8.77. The Balaban J connectivity index is 1.62. The molecule has 3 aromatic carbocycles. The second kappa shape index (κ2) is 6.84. The first-order chi connectivity index (χ1) is 16.5. The average molecular weight is 454 g/mol. The van der Waals surface area contributed by atoms with Crippen molar-refractivity contribution in [1.29, 1.82) is 0 Å². The van der Waals surface area contributed by atoms with Crippen LogP contribution in [-0.4, -0.2) is 30.1 Å². The van der Waals surface area contributed by atoms with Crippen molar-refractivity contribution in [3.63, 3.8) is 0 Å². The van der Waals surface area contributed by atoms with E-state index in [1.165, 1.54) is 25.3 Å². The van der Waals surface area contributed by atoms with E-state index in [1.807, 2.05) is 48.5 Å². The Bertz CT molecular complexity index is 1380. The van der Waals surface area contributed by atoms with E-state index in [-0.39, 0.29) is 11.4 Å². The van der Waals surface area contributed by atoms with Gasteiger partial charge in [0.15, 0.2) is 0 Å². The minimum Gasteiger partial charge on any atom is -0.496 e. The van der Waals surface area contributed by atoms with Gasteiger partial charge in [0.1, 0.15) is 17.7 Å². The summed E-state index contributed by atoms with van der Waals surface area (Å²) in [6.07, 6.45) is 0.773. The van der Waals surface area contributed by atoms with Crippen molar-refractivity contribution < 1.29 is 24.0 Å². The van der Waals surface area contributed by atoms with E-state index in [0.29, 0.717) is 11.1 Å². The summed E-state index contributed by atoms with van der Waals surface area (Å²) >= 11 is 0. The number of hydrogen-bond acceptors (Lipinski definition) is 6. The number of anilines is 1. The Kier molecular flexibility index (Phi) is 4.08. The van der Waals surface area contributed by atoms with Crippen LogP contribution in [0.3, 0.4) is 0 Å². The number of nitro groups is 1. The van der Waals surface area contributed by atoms with E-state index in [1.54, 1.807) is 0 Å². The highest BCUT2D eigenvalue weighted by molar-refractivity contribution is 6.25. The Morgan fingerprint density at radius 1 is 0.971 bits per heavy atom. The summed E-state index contributed by atoms with van der Waals surface area (Å²) < 4.78 is 5.09. The minimum absolute atomic E-state index is 0.122. The number of imide groups is 1. The zero-order valence-corrected chi connectivity index (χ0v) is 18.0. The molecule has 0 radical (unpaired) electrons. The van der Waals surface area contributed by atoms with Gasteiger partial charge in [-0.15, -0.1) is 0 Å². The molecule has 0 spiro atoms. The normalized spacial score (nSPS) is 26.0. The van der Waals surface area contributed by atoms with Crippen molar-refractivity contribution in [3.05, 3.63) is 99.1 Å². The van der Waals surface area contributed by atoms with Gasteiger partial charge in [0.25, 0.3) is 5.69 Å². The molecule has 0 unspecified atom stereocenters. The SMILES string of the molecule is COc1ccc(N2C(=O)[C@H]3C4c5ccccc5C(C=O)(c5ccccc54)[C@H]3C2=O)c([N+](=O)[O-])c1. The van der Waals surface area contributed by atoms with Crippen molar-refractivity contribution in [3.8, 4) is 5.75 Å². The summed E-state index contributed by atoms with van der Waals surface area (Å²) in [6.45, 7) is 0. The first-order valence-electron chi connectivity index (χ1n) is 10.8. The zero-order chi connectivity index (χ0) is 23.8. The molecular weight excluding hydrogens is 436 g/mol. The number of methoxy groups -OCH3 is 1. The van der Waals surface area contributed by atoms with Crippen LogP contribution in [0, 0.1) is 22.0 Å². The fraction of sp³-hybridized carbons (Fsp3) is 0.192. The van der Waals surface area contributed by atoms with Crippen LogP contribution in [0.1, 0.15) is 28.2 Å². The van der Waals surface area contributed by atoms with Crippen molar-refractivity contribution in [1.82, 2.24) is 0 Å². The topological polar surface area (TPSA) is 107 Å². The van der Waals surface area contributed by atoms with Gasteiger partial charge in [-0.25, -0.2) is 4.90 Å². The van der Waals surface area contributed by atoms with Gasteiger partial charge in [-0.2, -0.15) is 0 Å². The lowest BCUT2D eigenvalue weighted by Crippen LogP contribution is -2.54. The molecule has 4 aliphatic rings. The number of amides is 2. The van der Waals surface area contributed by atoms with E-state index < -0.39 is 45.6 Å². The van der Waals surface area contributed by atoms with Crippen molar-refractivity contribution >= 4 is 29.5 Å². The van der Waals surface area contributed by atoms with E-state index in [2.05, 4.69) is 0 Å². The molecule has 8 heteroatoms. The van der Waals surface area contributed by atoms with Gasteiger partial charge in [-0.3, -0.25) is 19.7 Å². The van der Waals surface area contributed by atoms with Crippen LogP contribution in [0.5, 0.6) is 5.75 Å². The Morgan fingerprint density at radius 2 is 1.59 bits per heavy atom. The summed E-state index contributed by atoms with van der Waals surface area (Å²) in [5.74, 6) is -3.18. The first kappa shape index (κ1) is 20.3. The summed E-state index contributed by atoms with van der Waals surface area (Å²) in [7, 11) is 1.37. The third-order valence-corrected chi connectivity index (χ3v) is 7.49. The zero-order valence-electron chi connectivity index (χ0n) is 18.0. The number of carbonyl (C=O) groups is 3. The van der Waals surface area contributed by atoms with Crippen molar-refractivity contribution in [2.75, 3.05) is 12.0 Å². The fourth-order valence-electron chi connectivity index (χ4n) is 6.23. The third-order valence-electron chi connectivity index (χ3n) is 7.49. The molecule has 7 rings (SSSR count). The number of nitro benzene ring substituents is 1. The molecule has 1 saturated heterocycles. The van der Waals surface area contributed by atoms with Gasteiger partial charge in [-0.05, 0) is 34.4 Å². The van der Waals surface area contributed by atoms with Crippen LogP contribution in [0.15, 0.2) is 66.7 Å². The molecule has 2 atom stereocenters. The standard InChI is InChI=1S/C26H18N2O6/c1-34-14-10-11-19(20(12-14)28(32)33)27-24(30)22-21-15-6-2-4-8-17(15)26(13-29,23(22)25(27)31)18-9-5-3-7-16(18)21/h2-13,21-23H,1H3/t21?,22-,23+,26?/m0/s1. The van der Waals surface area contributed by atoms with Crippen molar-refractivity contribution in [2.24, 2.45) is 11.8 Å². The number of nitrogens with zero attached hydrogens (tertiary/aromatic N) is 2. The number of aldehydes is 1. The first-order valence-corrected chi connectivity index (χ1v) is 10.8. The molecule has 0 N–H and O–H groups in total. The fourth-order valence-corrected chi connectivity index (χ4v) is 6.23. The molecule has 2 amide bonds. The Morgan fingerprint density at radius 3 is 2.15 bits per heavy atom. The van der Waals surface area contributed by atoms with Gasteiger partial charge >= 0.3 is 0 Å². The summed E-state index contributed by atoms with van der Waals surface area (Å²) in [5, 5.41) is 11.8. The predicted molar refractivity (Wildman–Crippen MR) is 121 cm³/mol. The number of carbonyl (C=O) groups excluding carboxylic acids is 3. The molecule has 2 bridgehead atoms. The lowest BCUT2D eigenvalue weighted by Gasteiger charge is -2.51. The van der Waals surface area contributed by atoms with Crippen LogP contribution in [0.2, 0.25) is 0 Å². The highest BCUT2D eigenvalue weighted by Crippen LogP contribution is 2.63. The lowest BCUT2D eigenvalue weighted by atomic mass is 9.48. The summed E-state index contributed by atoms with van der Waals surface area (Å²) in [6, 6.07) is 18.8. The molecule has 1 fully saturated rings. The molecule has 8 nitrogen and oxygen atoms in total. The largest absolute Gasteiger partial charge is 0.496 e. The minimum atomic E-state index is -1.35. The van der Waals surface area contributed by atoms with Gasteiger partial charge in [0.2, 0.25) is 11.8 Å². The molecule has 0 aromatic heterocycles. The van der Waals surface area contributed by atoms with Crippen LogP contribution in [0.4, 0.5) is 11.4 Å². The monoisotopic (exact) mass is 454 g/mol. The molecule has 1 aliphatic heterocycles. The molecular formula is C26H18N2O6. The van der Waals surface area contributed by atoms with Gasteiger partial charge in [0.05, 0.1) is 35.4 Å². The summed E-state index contributed by atoms with van der Waals surface area (Å²) in [5.41, 5.74) is 1.20. The predicted octanol–water partition coefficient (Wildman–Crippen LogP) is 3.35. The molecule has 34 heavy (non-hydrogen) atoms. The Hall–Kier alpha value is -4.33. The number of ether oxygens (including phenoxy) is 1. The van der Waals surface area contributed by atoms with Crippen LogP contribution < -0.4 is 9.64 Å². The van der Waals surface area contributed by atoms with Crippen molar-refractivity contribution in [2.45, 2.75) is 11.3 Å². The third kappa shape index (κ3) is 2.24. The second-order valence-corrected chi connectivity index (χ2v) is 8.77. The van der Waals surface area contributed by atoms with Gasteiger partial charge in [0, 0.05) is 5.92 Å². The van der Waals surface area contributed by atoms with Gasteiger partial charge < -0.3 is 9.53 Å². The quantitative estimate of drug-likeness (QED) is 0.259. The van der Waals surface area contributed by atoms with E-state index in [4.69, 9.17) is 4.74 Å². The van der Waals surface area contributed by atoms with E-state index >= 15 is 0 Å². The highest BCUT2D eigenvalue weighted by atomic mass is 16.6. The maximum absolute atomic E-state index is 13.9. The lowest BCUT2D eigenvalue weighted by molar-refractivity contribution is -0.384. The van der Waals surface area contributed by atoms with E-state index in [0.717, 1.165) is 22.3 Å². The highest BCUT2D eigenvalue weighted by Gasteiger charge is 2.68. The Labute approximate surface area is 193 Å². The molecule has 168 valence electrons. The number of hydrogen-bond donors (Lipinski definition) is 0. The maximum Gasteiger partial charge on any atom is 0.297 e. The molecule has 3 aromatic rings. The number of benzene rings is 3. The molecule has 1 heterocycles. The average Bonchev–Trinajstić information content (AvgIpc) is 3.14. The molecule has 0 saturated carbocycles. The number of rotatable bonds is 4. The van der Waals surface area contributed by atoms with E-state index in [9.17, 15) is 24.5 Å². The van der Waals surface area contributed by atoms with Crippen LogP contribution in [-0.2, 0) is 19.8 Å². The van der Waals surface area contributed by atoms with Gasteiger partial charge in [-0.1, -0.05) is 48.5 Å². The molecule has 3 aliphatic carbocycles. The van der Waals surface area contributed by atoms with Crippen LogP contribution in [0.25, 0.3) is 0 Å². The summed E-state index contributed by atoms with van der Waals surface area (Å²) in [4.78, 5) is 52.9. The smallest absolute Gasteiger partial charge is 0.297 e.